The van der Waals surface area contributed by atoms with E-state index in [1.807, 2.05) is 0 Å². The fourth-order valence-corrected chi connectivity index (χ4v) is 2.13. The van der Waals surface area contributed by atoms with Gasteiger partial charge in [-0.1, -0.05) is 6.92 Å². The molecule has 2 aliphatic heterocycles. The molecule has 0 radical (unpaired) electrons. The molecule has 2 atom stereocenters. The molecule has 0 saturated carbocycles. The maximum atomic E-state index is 9.08. The Hall–Kier alpha value is -0.700. The molecule has 0 aromatic rings. The average Bonchev–Trinajstić information content (AvgIpc) is 2.61. The highest BCUT2D eigenvalue weighted by Gasteiger charge is 2.28. The zero-order valence-corrected chi connectivity index (χ0v) is 8.78. The van der Waals surface area contributed by atoms with Gasteiger partial charge in [-0.2, -0.15) is 0 Å². The van der Waals surface area contributed by atoms with E-state index in [9.17, 15) is 0 Å². The van der Waals surface area contributed by atoms with E-state index in [2.05, 4.69) is 17.9 Å². The lowest BCUT2D eigenvalue weighted by Gasteiger charge is -2.29. The van der Waals surface area contributed by atoms with Gasteiger partial charge in [0, 0.05) is 19.0 Å². The molecule has 0 bridgehead atoms. The van der Waals surface area contributed by atoms with Crippen molar-refractivity contribution in [1.29, 1.82) is 0 Å². The molecule has 1 N–H and O–H groups in total. The average molecular weight is 197 g/mol. The van der Waals surface area contributed by atoms with Crippen LogP contribution in [-0.4, -0.2) is 35.8 Å². The van der Waals surface area contributed by atoms with Crippen LogP contribution in [0.4, 0.5) is 0 Å². The smallest absolute Gasteiger partial charge is 0.185 e. The lowest BCUT2D eigenvalue weighted by atomic mass is 10.1. The van der Waals surface area contributed by atoms with Crippen molar-refractivity contribution in [2.24, 2.45) is 5.92 Å². The molecule has 0 spiro atoms. The molecule has 2 heterocycles. The van der Waals surface area contributed by atoms with Gasteiger partial charge >= 0.3 is 0 Å². The van der Waals surface area contributed by atoms with Gasteiger partial charge in [-0.15, -0.1) is 0 Å². The first-order valence-electron chi connectivity index (χ1n) is 5.55. The Bertz CT molecular complexity index is 221. The van der Waals surface area contributed by atoms with Crippen molar-refractivity contribution in [3.8, 4) is 0 Å². The highest BCUT2D eigenvalue weighted by Crippen LogP contribution is 2.27. The second-order valence-corrected chi connectivity index (χ2v) is 4.25. The van der Waals surface area contributed by atoms with Gasteiger partial charge in [0.25, 0.3) is 0 Å². The van der Waals surface area contributed by atoms with Gasteiger partial charge in [0.2, 0.25) is 0 Å². The van der Waals surface area contributed by atoms with Crippen molar-refractivity contribution in [2.75, 3.05) is 19.7 Å². The number of nitrogens with zero attached hydrogens (tertiary/aromatic N) is 1. The first kappa shape index (κ1) is 9.84. The molecule has 14 heavy (non-hydrogen) atoms. The quantitative estimate of drug-likeness (QED) is 0.725. The number of aliphatic hydroxyl groups excluding tert-OH is 1. The fourth-order valence-electron chi connectivity index (χ4n) is 2.13. The van der Waals surface area contributed by atoms with Crippen molar-refractivity contribution >= 4 is 0 Å². The Morgan fingerprint density at radius 3 is 2.71 bits per heavy atom. The number of aliphatic hydroxyl groups is 1. The van der Waals surface area contributed by atoms with E-state index in [4.69, 9.17) is 9.84 Å². The van der Waals surface area contributed by atoms with Crippen LogP contribution < -0.4 is 0 Å². The zero-order valence-electron chi connectivity index (χ0n) is 8.78. The topological polar surface area (TPSA) is 32.7 Å². The maximum Gasteiger partial charge on any atom is 0.185 e. The van der Waals surface area contributed by atoms with Crippen LogP contribution in [0.15, 0.2) is 12.0 Å². The highest BCUT2D eigenvalue weighted by molar-refractivity contribution is 5.05. The Morgan fingerprint density at radius 1 is 1.43 bits per heavy atom. The second kappa shape index (κ2) is 4.22. The minimum Gasteiger partial charge on any atom is -0.473 e. The number of likely N-dealkylation sites (tertiary alicyclic amines) is 1. The van der Waals surface area contributed by atoms with Crippen LogP contribution in [0.25, 0.3) is 0 Å². The summed E-state index contributed by atoms with van der Waals surface area (Å²) in [6.07, 6.45) is 5.99. The van der Waals surface area contributed by atoms with Crippen LogP contribution in [0.1, 0.15) is 26.2 Å². The Kier molecular flexibility index (Phi) is 2.96. The summed E-state index contributed by atoms with van der Waals surface area (Å²) in [5.41, 5.74) is 0. The fraction of sp³-hybridized carbons (Fsp3) is 0.818. The first-order valence-corrected chi connectivity index (χ1v) is 5.55. The first-order chi connectivity index (χ1) is 6.81. The lowest BCUT2D eigenvalue weighted by molar-refractivity contribution is 0.0180. The number of rotatable bonds is 2. The molecule has 80 valence electrons. The largest absolute Gasteiger partial charge is 0.473 e. The van der Waals surface area contributed by atoms with E-state index in [-0.39, 0.29) is 12.7 Å². The number of hydrogen-bond donors (Lipinski definition) is 1. The molecular formula is C11H19NO2. The lowest BCUT2D eigenvalue weighted by Crippen LogP contribution is -2.30. The SMILES string of the molecule is CC1C=C(N2CCCCC2)O[C@@H]1CO. The molecule has 2 aliphatic rings. The third-order valence-electron chi connectivity index (χ3n) is 3.11. The molecule has 0 aromatic heterocycles. The molecular weight excluding hydrogens is 178 g/mol. The third-order valence-corrected chi connectivity index (χ3v) is 3.11. The van der Waals surface area contributed by atoms with Crippen molar-refractivity contribution in [2.45, 2.75) is 32.3 Å². The van der Waals surface area contributed by atoms with Crippen molar-refractivity contribution in [3.05, 3.63) is 12.0 Å². The molecule has 3 nitrogen and oxygen atoms in total. The van der Waals surface area contributed by atoms with Gasteiger partial charge < -0.3 is 14.7 Å². The zero-order chi connectivity index (χ0) is 9.97. The van der Waals surface area contributed by atoms with Gasteiger partial charge in [0.05, 0.1) is 6.61 Å². The van der Waals surface area contributed by atoms with E-state index in [1.165, 1.54) is 19.3 Å². The molecule has 0 aromatic carbocycles. The molecule has 1 unspecified atom stereocenters. The van der Waals surface area contributed by atoms with Crippen LogP contribution in [0.3, 0.4) is 0 Å². The van der Waals surface area contributed by atoms with Crippen LogP contribution in [0.2, 0.25) is 0 Å². The van der Waals surface area contributed by atoms with Crippen LogP contribution in [0, 0.1) is 5.92 Å². The molecule has 1 saturated heterocycles. The van der Waals surface area contributed by atoms with Gasteiger partial charge in [0.1, 0.15) is 6.10 Å². The summed E-state index contributed by atoms with van der Waals surface area (Å²) in [5.74, 6) is 1.34. The summed E-state index contributed by atoms with van der Waals surface area (Å²) >= 11 is 0. The van der Waals surface area contributed by atoms with Gasteiger partial charge in [0.15, 0.2) is 5.88 Å². The summed E-state index contributed by atoms with van der Waals surface area (Å²) in [6.45, 7) is 4.43. The van der Waals surface area contributed by atoms with Crippen LogP contribution in [-0.2, 0) is 4.74 Å². The summed E-state index contributed by atoms with van der Waals surface area (Å²) in [7, 11) is 0. The Morgan fingerprint density at radius 2 is 2.14 bits per heavy atom. The molecule has 1 fully saturated rings. The van der Waals surface area contributed by atoms with Crippen molar-refractivity contribution in [1.82, 2.24) is 4.90 Å². The predicted octanol–water partition coefficient (Wildman–Crippen LogP) is 1.34. The van der Waals surface area contributed by atoms with Gasteiger partial charge in [-0.3, -0.25) is 0 Å². The normalized spacial score (nSPS) is 32.7. The molecule has 2 rings (SSSR count). The summed E-state index contributed by atoms with van der Waals surface area (Å²) in [6, 6.07) is 0. The van der Waals surface area contributed by atoms with E-state index in [0.29, 0.717) is 5.92 Å². The van der Waals surface area contributed by atoms with E-state index in [1.54, 1.807) is 0 Å². The Labute approximate surface area is 85.4 Å². The van der Waals surface area contributed by atoms with Gasteiger partial charge in [-0.05, 0) is 25.3 Å². The van der Waals surface area contributed by atoms with Crippen LogP contribution >= 0.6 is 0 Å². The van der Waals surface area contributed by atoms with E-state index < -0.39 is 0 Å². The van der Waals surface area contributed by atoms with Crippen molar-refractivity contribution in [3.63, 3.8) is 0 Å². The molecule has 3 heteroatoms. The summed E-state index contributed by atoms with van der Waals surface area (Å²) in [5, 5.41) is 9.08. The number of ether oxygens (including phenoxy) is 1. The second-order valence-electron chi connectivity index (χ2n) is 4.25. The summed E-state index contributed by atoms with van der Waals surface area (Å²) in [4.78, 5) is 2.30. The number of piperidine rings is 1. The Balaban J connectivity index is 1.95. The standard InChI is InChI=1S/C11H19NO2/c1-9-7-11(14-10(9)8-13)12-5-3-2-4-6-12/h7,9-10,13H,2-6,8H2,1H3/t9?,10-/m1/s1. The number of hydrogen-bond acceptors (Lipinski definition) is 3. The van der Waals surface area contributed by atoms with E-state index >= 15 is 0 Å². The molecule has 0 amide bonds. The summed E-state index contributed by atoms with van der Waals surface area (Å²) < 4.78 is 5.70. The third kappa shape index (κ3) is 1.87. The monoisotopic (exact) mass is 197 g/mol. The minimum atomic E-state index is -0.0214. The predicted molar refractivity (Wildman–Crippen MR) is 54.6 cm³/mol. The van der Waals surface area contributed by atoms with E-state index in [0.717, 1.165) is 19.0 Å². The highest BCUT2D eigenvalue weighted by atomic mass is 16.5. The van der Waals surface area contributed by atoms with Gasteiger partial charge in [-0.25, -0.2) is 0 Å². The minimum absolute atomic E-state index is 0.0214. The maximum absolute atomic E-state index is 9.08. The van der Waals surface area contributed by atoms with Crippen molar-refractivity contribution < 1.29 is 9.84 Å². The van der Waals surface area contributed by atoms with Crippen LogP contribution in [0.5, 0.6) is 0 Å². The molecule has 0 aliphatic carbocycles.